The first-order chi connectivity index (χ1) is 8.16. The summed E-state index contributed by atoms with van der Waals surface area (Å²) in [6.07, 6.45) is 5.23. The lowest BCUT2D eigenvalue weighted by atomic mass is 10.2. The molecule has 0 saturated carbocycles. The second-order valence-corrected chi connectivity index (χ2v) is 3.53. The topological polar surface area (TPSA) is 88.2 Å². The highest BCUT2D eigenvalue weighted by Crippen LogP contribution is 2.17. The Kier molecular flexibility index (Phi) is 3.04. The molecule has 0 aliphatic rings. The molecule has 2 heterocycles. The van der Waals surface area contributed by atoms with Crippen LogP contribution in [-0.4, -0.2) is 30.9 Å². The predicted octanol–water partition coefficient (Wildman–Crippen LogP) is 0.990. The van der Waals surface area contributed by atoms with Crippen LogP contribution in [0, 0.1) is 0 Å². The molecule has 0 atom stereocenters. The average molecular weight is 233 g/mol. The van der Waals surface area contributed by atoms with E-state index in [4.69, 9.17) is 5.11 Å². The van der Waals surface area contributed by atoms with Crippen molar-refractivity contribution in [3.8, 4) is 11.6 Å². The number of aromatic hydroxyl groups is 1. The van der Waals surface area contributed by atoms with Crippen LogP contribution < -0.4 is 0 Å². The van der Waals surface area contributed by atoms with Gasteiger partial charge in [-0.1, -0.05) is 0 Å². The highest BCUT2D eigenvalue weighted by Gasteiger charge is 2.07. The summed E-state index contributed by atoms with van der Waals surface area (Å²) < 4.78 is 1.42. The Balaban J connectivity index is 2.18. The zero-order valence-electron chi connectivity index (χ0n) is 8.95. The van der Waals surface area contributed by atoms with Crippen LogP contribution in [0.4, 0.5) is 0 Å². The lowest BCUT2D eigenvalue weighted by Gasteiger charge is -2.01. The number of hydrogen-bond acceptors (Lipinski definition) is 4. The third-order valence-electron chi connectivity index (χ3n) is 2.25. The molecule has 0 aromatic carbocycles. The summed E-state index contributed by atoms with van der Waals surface area (Å²) in [4.78, 5) is 14.4. The molecule has 0 aliphatic carbocycles. The van der Waals surface area contributed by atoms with Crippen LogP contribution in [0.3, 0.4) is 0 Å². The summed E-state index contributed by atoms with van der Waals surface area (Å²) in [5.41, 5.74) is 0.789. The van der Waals surface area contributed by atoms with Gasteiger partial charge < -0.3 is 10.2 Å². The molecule has 2 aromatic heterocycles. The van der Waals surface area contributed by atoms with Gasteiger partial charge in [-0.05, 0) is 24.1 Å². The van der Waals surface area contributed by atoms with Gasteiger partial charge in [0.25, 0.3) is 0 Å². The van der Waals surface area contributed by atoms with Gasteiger partial charge in [0, 0.05) is 18.8 Å². The Morgan fingerprint density at radius 2 is 2.29 bits per heavy atom. The van der Waals surface area contributed by atoms with E-state index < -0.39 is 5.97 Å². The van der Waals surface area contributed by atoms with Crippen molar-refractivity contribution >= 4 is 5.97 Å². The minimum Gasteiger partial charge on any atom is -0.504 e. The first kappa shape index (κ1) is 11.1. The molecule has 6 nitrogen and oxygen atoms in total. The van der Waals surface area contributed by atoms with Gasteiger partial charge in [0.05, 0.1) is 6.20 Å². The van der Waals surface area contributed by atoms with Crippen molar-refractivity contribution in [3.63, 3.8) is 0 Å². The SMILES string of the molecule is O=C(O)CCc1cnn(-c2ncccc2O)c1. The van der Waals surface area contributed by atoms with Gasteiger partial charge in [-0.3, -0.25) is 4.79 Å². The van der Waals surface area contributed by atoms with Crippen LogP contribution in [-0.2, 0) is 11.2 Å². The van der Waals surface area contributed by atoms with Gasteiger partial charge in [-0.25, -0.2) is 9.67 Å². The molecule has 0 aliphatic heterocycles. The zero-order chi connectivity index (χ0) is 12.3. The Hall–Kier alpha value is -2.37. The second kappa shape index (κ2) is 4.65. The number of pyridine rings is 1. The smallest absolute Gasteiger partial charge is 0.303 e. The van der Waals surface area contributed by atoms with Gasteiger partial charge in [-0.2, -0.15) is 5.10 Å². The number of rotatable bonds is 4. The molecular weight excluding hydrogens is 222 g/mol. The number of aryl methyl sites for hydroxylation is 1. The van der Waals surface area contributed by atoms with E-state index in [1.165, 1.54) is 10.7 Å². The summed E-state index contributed by atoms with van der Waals surface area (Å²) in [6.45, 7) is 0. The van der Waals surface area contributed by atoms with E-state index in [1.807, 2.05) is 0 Å². The number of aromatic nitrogens is 3. The van der Waals surface area contributed by atoms with Gasteiger partial charge in [-0.15, -0.1) is 0 Å². The van der Waals surface area contributed by atoms with Crippen LogP contribution in [0.5, 0.6) is 5.75 Å². The lowest BCUT2D eigenvalue weighted by Crippen LogP contribution is -1.98. The lowest BCUT2D eigenvalue weighted by molar-refractivity contribution is -0.136. The van der Waals surface area contributed by atoms with E-state index >= 15 is 0 Å². The second-order valence-electron chi connectivity index (χ2n) is 3.53. The molecule has 2 N–H and O–H groups in total. The van der Waals surface area contributed by atoms with Crippen molar-refractivity contribution in [1.29, 1.82) is 0 Å². The molecule has 0 fully saturated rings. The molecule has 17 heavy (non-hydrogen) atoms. The molecular formula is C11H11N3O3. The van der Waals surface area contributed by atoms with Crippen molar-refractivity contribution in [2.45, 2.75) is 12.8 Å². The van der Waals surface area contributed by atoms with Crippen molar-refractivity contribution in [3.05, 3.63) is 36.3 Å². The van der Waals surface area contributed by atoms with Crippen LogP contribution in [0.2, 0.25) is 0 Å². The Bertz CT molecular complexity index is 536. The summed E-state index contributed by atoms with van der Waals surface area (Å²) in [5, 5.41) is 22.2. The molecule has 0 unspecified atom stereocenters. The molecule has 2 rings (SSSR count). The maximum atomic E-state index is 10.4. The van der Waals surface area contributed by atoms with E-state index in [-0.39, 0.29) is 12.2 Å². The summed E-state index contributed by atoms with van der Waals surface area (Å²) in [5.74, 6) is -0.493. The van der Waals surface area contributed by atoms with Gasteiger partial charge in [0.2, 0.25) is 0 Å². The molecule has 0 saturated heterocycles. The molecule has 6 heteroatoms. The standard InChI is InChI=1S/C11H11N3O3/c15-9-2-1-5-12-11(9)14-7-8(6-13-14)3-4-10(16)17/h1-2,5-7,15H,3-4H2,(H,16,17). The van der Waals surface area contributed by atoms with Crippen LogP contribution in [0.25, 0.3) is 5.82 Å². The number of hydrogen-bond donors (Lipinski definition) is 2. The Morgan fingerprint density at radius 1 is 1.47 bits per heavy atom. The predicted molar refractivity (Wildman–Crippen MR) is 59.0 cm³/mol. The largest absolute Gasteiger partial charge is 0.504 e. The quantitative estimate of drug-likeness (QED) is 0.822. The van der Waals surface area contributed by atoms with Crippen molar-refractivity contribution < 1.29 is 15.0 Å². The first-order valence-corrected chi connectivity index (χ1v) is 5.06. The number of carbonyl (C=O) groups is 1. The van der Waals surface area contributed by atoms with Crippen LogP contribution >= 0.6 is 0 Å². The van der Waals surface area contributed by atoms with E-state index in [0.29, 0.717) is 12.2 Å². The number of carboxylic acid groups (broad SMARTS) is 1. The maximum Gasteiger partial charge on any atom is 0.303 e. The summed E-state index contributed by atoms with van der Waals surface area (Å²) >= 11 is 0. The van der Waals surface area contributed by atoms with E-state index in [1.54, 1.807) is 24.7 Å². The monoisotopic (exact) mass is 233 g/mol. The van der Waals surface area contributed by atoms with Crippen molar-refractivity contribution in [1.82, 2.24) is 14.8 Å². The fourth-order valence-corrected chi connectivity index (χ4v) is 1.42. The average Bonchev–Trinajstić information content (AvgIpc) is 2.75. The van der Waals surface area contributed by atoms with Gasteiger partial charge in [0.1, 0.15) is 0 Å². The Labute approximate surface area is 97.2 Å². The highest BCUT2D eigenvalue weighted by molar-refractivity contribution is 5.67. The number of aliphatic carboxylic acids is 1. The third kappa shape index (κ3) is 2.60. The molecule has 0 spiro atoms. The van der Waals surface area contributed by atoms with E-state index in [0.717, 1.165) is 5.56 Å². The fourth-order valence-electron chi connectivity index (χ4n) is 1.42. The minimum absolute atomic E-state index is 0.0281. The minimum atomic E-state index is -0.849. The van der Waals surface area contributed by atoms with Crippen molar-refractivity contribution in [2.75, 3.05) is 0 Å². The Morgan fingerprint density at radius 3 is 3.00 bits per heavy atom. The fraction of sp³-hybridized carbons (Fsp3) is 0.182. The van der Waals surface area contributed by atoms with Gasteiger partial charge >= 0.3 is 5.97 Å². The number of carboxylic acids is 1. The van der Waals surface area contributed by atoms with Crippen LogP contribution in [0.15, 0.2) is 30.7 Å². The first-order valence-electron chi connectivity index (χ1n) is 5.06. The normalized spacial score (nSPS) is 10.4. The molecule has 0 radical (unpaired) electrons. The van der Waals surface area contributed by atoms with Crippen molar-refractivity contribution in [2.24, 2.45) is 0 Å². The summed E-state index contributed by atoms with van der Waals surface area (Å²) in [6, 6.07) is 3.13. The highest BCUT2D eigenvalue weighted by atomic mass is 16.4. The third-order valence-corrected chi connectivity index (χ3v) is 2.25. The molecule has 88 valence electrons. The zero-order valence-corrected chi connectivity index (χ0v) is 8.95. The van der Waals surface area contributed by atoms with E-state index in [2.05, 4.69) is 10.1 Å². The van der Waals surface area contributed by atoms with Crippen LogP contribution in [0.1, 0.15) is 12.0 Å². The number of nitrogens with zero attached hydrogens (tertiary/aromatic N) is 3. The summed E-state index contributed by atoms with van der Waals surface area (Å²) in [7, 11) is 0. The maximum absolute atomic E-state index is 10.4. The van der Waals surface area contributed by atoms with E-state index in [9.17, 15) is 9.90 Å². The van der Waals surface area contributed by atoms with Gasteiger partial charge in [0.15, 0.2) is 11.6 Å². The molecule has 2 aromatic rings. The molecule has 0 amide bonds. The molecule has 0 bridgehead atoms.